The Bertz CT molecular complexity index is 1080. The zero-order chi connectivity index (χ0) is 18.5. The fraction of sp³-hybridized carbons (Fsp3) is 0.400. The number of benzene rings is 1. The van der Waals surface area contributed by atoms with Crippen molar-refractivity contribution in [3.8, 4) is 0 Å². The quantitative estimate of drug-likeness (QED) is 0.705. The highest BCUT2D eigenvalue weighted by atomic mass is 16.5. The lowest BCUT2D eigenvalue weighted by Gasteiger charge is -2.23. The molecule has 1 N–H and O–H groups in total. The molecule has 2 fully saturated rings. The highest BCUT2D eigenvalue weighted by Crippen LogP contribution is 2.37. The summed E-state index contributed by atoms with van der Waals surface area (Å²) in [5, 5.41) is 8.40. The Morgan fingerprint density at radius 2 is 1.85 bits per heavy atom. The number of nitrogens with zero attached hydrogens (tertiary/aromatic N) is 2. The zero-order valence-electron chi connectivity index (χ0n) is 14.7. The van der Waals surface area contributed by atoms with Crippen LogP contribution in [0.1, 0.15) is 56.2 Å². The molecule has 7 heteroatoms. The molecule has 138 valence electrons. The number of ketones is 1. The summed E-state index contributed by atoms with van der Waals surface area (Å²) >= 11 is 0. The van der Waals surface area contributed by atoms with Gasteiger partial charge in [-0.3, -0.25) is 19.7 Å². The molecule has 2 aliphatic rings. The van der Waals surface area contributed by atoms with Crippen LogP contribution in [-0.4, -0.2) is 27.3 Å². The van der Waals surface area contributed by atoms with Crippen molar-refractivity contribution in [2.24, 2.45) is 0 Å². The zero-order valence-corrected chi connectivity index (χ0v) is 14.7. The molecule has 3 heterocycles. The first-order valence-corrected chi connectivity index (χ1v) is 9.36. The van der Waals surface area contributed by atoms with Crippen LogP contribution in [0.5, 0.6) is 0 Å². The van der Waals surface area contributed by atoms with Gasteiger partial charge in [0.2, 0.25) is 11.8 Å². The number of hydrogen-bond donors (Lipinski definition) is 1. The molecule has 1 unspecified atom stereocenters. The topological polar surface area (TPSA) is 94.2 Å². The number of rotatable bonds is 2. The summed E-state index contributed by atoms with van der Waals surface area (Å²) in [6, 6.07) is 6.22. The number of imide groups is 1. The molecule has 2 amide bonds. The largest absolute Gasteiger partial charge is 0.356 e. The van der Waals surface area contributed by atoms with Gasteiger partial charge in [0.05, 0.1) is 11.3 Å². The van der Waals surface area contributed by atoms with Crippen molar-refractivity contribution in [3.05, 3.63) is 30.1 Å². The first kappa shape index (κ1) is 16.2. The van der Waals surface area contributed by atoms with Crippen molar-refractivity contribution in [2.75, 3.05) is 0 Å². The number of amides is 2. The standard InChI is InChI=1S/C20H19N3O4/c24-12-3-1-11(2-4-12)23-10-9-13-15(23)6-7-16-18(13)19(22-27-16)14-5-8-17(25)21-20(14)26/h6-7,9-11,14H,1-5,8H2,(H,21,25,26). The van der Waals surface area contributed by atoms with Crippen molar-refractivity contribution in [1.29, 1.82) is 0 Å². The molecule has 27 heavy (non-hydrogen) atoms. The van der Waals surface area contributed by atoms with E-state index in [4.69, 9.17) is 4.52 Å². The van der Waals surface area contributed by atoms with Crippen LogP contribution in [0.2, 0.25) is 0 Å². The van der Waals surface area contributed by atoms with Gasteiger partial charge in [0.25, 0.3) is 0 Å². The van der Waals surface area contributed by atoms with E-state index < -0.39 is 5.92 Å². The predicted molar refractivity (Wildman–Crippen MR) is 97.1 cm³/mol. The highest BCUT2D eigenvalue weighted by Gasteiger charge is 2.33. The molecule has 5 rings (SSSR count). The third-order valence-electron chi connectivity index (χ3n) is 5.84. The minimum atomic E-state index is -0.481. The van der Waals surface area contributed by atoms with Gasteiger partial charge in [-0.25, -0.2) is 0 Å². The maximum absolute atomic E-state index is 12.3. The maximum atomic E-state index is 12.3. The second-order valence-electron chi connectivity index (χ2n) is 7.44. The summed E-state index contributed by atoms with van der Waals surface area (Å²) in [5.74, 6) is -0.703. The Morgan fingerprint density at radius 3 is 2.63 bits per heavy atom. The average Bonchev–Trinajstić information content (AvgIpc) is 3.26. The van der Waals surface area contributed by atoms with Gasteiger partial charge < -0.3 is 9.09 Å². The van der Waals surface area contributed by atoms with Crippen LogP contribution in [0.25, 0.3) is 21.9 Å². The monoisotopic (exact) mass is 365 g/mol. The minimum Gasteiger partial charge on any atom is -0.356 e. The molecule has 1 saturated carbocycles. The third-order valence-corrected chi connectivity index (χ3v) is 5.84. The Morgan fingerprint density at radius 1 is 1.04 bits per heavy atom. The summed E-state index contributed by atoms with van der Waals surface area (Å²) in [6.45, 7) is 0. The number of fused-ring (bicyclic) bond motifs is 3. The summed E-state index contributed by atoms with van der Waals surface area (Å²) in [6.07, 6.45) is 5.75. The second-order valence-corrected chi connectivity index (χ2v) is 7.44. The van der Waals surface area contributed by atoms with Gasteiger partial charge in [0.1, 0.15) is 11.5 Å². The van der Waals surface area contributed by atoms with Crippen LogP contribution in [0.15, 0.2) is 28.9 Å². The van der Waals surface area contributed by atoms with Crippen molar-refractivity contribution in [1.82, 2.24) is 15.0 Å². The number of Topliss-reactive ketones (excluding diaryl/α,β-unsaturated/α-hetero) is 1. The smallest absolute Gasteiger partial charge is 0.235 e. The molecule has 1 aliphatic carbocycles. The predicted octanol–water partition coefficient (Wildman–Crippen LogP) is 2.99. The van der Waals surface area contributed by atoms with E-state index in [-0.39, 0.29) is 11.8 Å². The van der Waals surface area contributed by atoms with E-state index in [0.717, 1.165) is 29.1 Å². The Labute approximate surface area is 154 Å². The van der Waals surface area contributed by atoms with Crippen LogP contribution in [0.3, 0.4) is 0 Å². The summed E-state index contributed by atoms with van der Waals surface area (Å²) in [7, 11) is 0. The molecule has 0 bridgehead atoms. The van der Waals surface area contributed by atoms with Gasteiger partial charge in [-0.05, 0) is 37.5 Å². The Hall–Kier alpha value is -2.96. The molecule has 1 aromatic carbocycles. The molecule has 1 aliphatic heterocycles. The molecule has 0 radical (unpaired) electrons. The van der Waals surface area contributed by atoms with Crippen molar-refractivity contribution < 1.29 is 18.9 Å². The van der Waals surface area contributed by atoms with Crippen LogP contribution in [0.4, 0.5) is 0 Å². The maximum Gasteiger partial charge on any atom is 0.235 e. The van der Waals surface area contributed by atoms with Gasteiger partial charge in [0, 0.05) is 42.4 Å². The number of aromatic nitrogens is 2. The molecule has 0 spiro atoms. The molecule has 1 atom stereocenters. The van der Waals surface area contributed by atoms with Gasteiger partial charge in [-0.15, -0.1) is 0 Å². The minimum absolute atomic E-state index is 0.243. The van der Waals surface area contributed by atoms with E-state index >= 15 is 0 Å². The van der Waals surface area contributed by atoms with Crippen LogP contribution < -0.4 is 5.32 Å². The summed E-state index contributed by atoms with van der Waals surface area (Å²) < 4.78 is 7.71. The number of carbonyl (C=O) groups excluding carboxylic acids is 3. The molecule has 7 nitrogen and oxygen atoms in total. The lowest BCUT2D eigenvalue weighted by molar-refractivity contribution is -0.134. The van der Waals surface area contributed by atoms with Crippen LogP contribution >= 0.6 is 0 Å². The van der Waals surface area contributed by atoms with Gasteiger partial charge in [0.15, 0.2) is 5.58 Å². The van der Waals surface area contributed by atoms with Gasteiger partial charge in [-0.1, -0.05) is 5.16 Å². The van der Waals surface area contributed by atoms with E-state index in [1.165, 1.54) is 0 Å². The lowest BCUT2D eigenvalue weighted by atomic mass is 9.92. The van der Waals surface area contributed by atoms with Crippen molar-refractivity contribution in [3.63, 3.8) is 0 Å². The van der Waals surface area contributed by atoms with E-state index in [2.05, 4.69) is 15.0 Å². The Balaban J connectivity index is 1.61. The first-order chi connectivity index (χ1) is 13.1. The van der Waals surface area contributed by atoms with Crippen molar-refractivity contribution >= 4 is 39.5 Å². The average molecular weight is 365 g/mol. The third kappa shape index (κ3) is 2.57. The SMILES string of the molecule is O=C1CCC(n2ccc3c4c(C5CCC(=O)NC5=O)noc4ccc32)CC1. The number of carbonyl (C=O) groups is 3. The molecule has 1 saturated heterocycles. The molecular weight excluding hydrogens is 346 g/mol. The van der Waals surface area contributed by atoms with E-state index in [0.29, 0.717) is 48.8 Å². The second kappa shape index (κ2) is 6.04. The first-order valence-electron chi connectivity index (χ1n) is 9.36. The fourth-order valence-corrected chi connectivity index (χ4v) is 4.42. The molecule has 3 aromatic rings. The Kier molecular flexibility index (Phi) is 3.63. The molecular formula is C20H19N3O4. The van der Waals surface area contributed by atoms with Crippen LogP contribution in [-0.2, 0) is 14.4 Å². The summed E-state index contributed by atoms with van der Waals surface area (Å²) in [5.41, 5.74) is 2.29. The van der Waals surface area contributed by atoms with E-state index in [9.17, 15) is 14.4 Å². The van der Waals surface area contributed by atoms with Crippen LogP contribution in [0, 0.1) is 0 Å². The fourth-order valence-electron chi connectivity index (χ4n) is 4.42. The normalized spacial score (nSPS) is 21.9. The lowest BCUT2D eigenvalue weighted by Crippen LogP contribution is -2.39. The van der Waals surface area contributed by atoms with Crippen molar-refractivity contribution in [2.45, 2.75) is 50.5 Å². The summed E-state index contributed by atoms with van der Waals surface area (Å²) in [4.78, 5) is 35.3. The molecule has 2 aromatic heterocycles. The highest BCUT2D eigenvalue weighted by molar-refractivity contribution is 6.09. The number of hydrogen-bond acceptors (Lipinski definition) is 5. The van der Waals surface area contributed by atoms with Gasteiger partial charge in [-0.2, -0.15) is 0 Å². The number of nitrogens with one attached hydrogen (secondary N) is 1. The van der Waals surface area contributed by atoms with E-state index in [1.807, 2.05) is 24.4 Å². The number of piperidine rings is 1. The van der Waals surface area contributed by atoms with Gasteiger partial charge >= 0.3 is 0 Å². The van der Waals surface area contributed by atoms with E-state index in [1.54, 1.807) is 0 Å².